The Kier molecular flexibility index (Phi) is 5.41. The molecule has 4 heteroatoms. The molecule has 1 saturated heterocycles. The van der Waals surface area contributed by atoms with Crippen molar-refractivity contribution in [2.24, 2.45) is 5.73 Å². The highest BCUT2D eigenvalue weighted by Gasteiger charge is 2.24. The highest BCUT2D eigenvalue weighted by atomic mass is 16.5. The Labute approximate surface area is 120 Å². The van der Waals surface area contributed by atoms with Crippen LogP contribution in [-0.4, -0.2) is 37.0 Å². The fourth-order valence-electron chi connectivity index (χ4n) is 2.77. The average molecular weight is 276 g/mol. The molecule has 110 valence electrons. The number of hydrogen-bond acceptors (Lipinski definition) is 3. The summed E-state index contributed by atoms with van der Waals surface area (Å²) in [4.78, 5) is 14.5. The van der Waals surface area contributed by atoms with Crippen LogP contribution in [0.4, 0.5) is 0 Å². The summed E-state index contributed by atoms with van der Waals surface area (Å²) in [5.74, 6) is 1.00. The van der Waals surface area contributed by atoms with E-state index in [9.17, 15) is 4.79 Å². The lowest BCUT2D eigenvalue weighted by atomic mass is 10.1. The molecule has 1 unspecified atom stereocenters. The first-order valence-electron chi connectivity index (χ1n) is 7.37. The van der Waals surface area contributed by atoms with E-state index in [-0.39, 0.29) is 11.9 Å². The molecule has 0 radical (unpaired) electrons. The summed E-state index contributed by atoms with van der Waals surface area (Å²) in [6, 6.07) is 7.90. The zero-order valence-electron chi connectivity index (χ0n) is 12.2. The highest BCUT2D eigenvalue weighted by Crippen LogP contribution is 2.18. The third-order valence-electron chi connectivity index (χ3n) is 3.98. The van der Waals surface area contributed by atoms with E-state index < -0.39 is 0 Å². The van der Waals surface area contributed by atoms with Gasteiger partial charge in [0, 0.05) is 19.1 Å². The maximum absolute atomic E-state index is 12.5. The molecule has 20 heavy (non-hydrogen) atoms. The first-order chi connectivity index (χ1) is 9.74. The van der Waals surface area contributed by atoms with Crippen LogP contribution in [0.2, 0.25) is 0 Å². The number of ether oxygens (including phenoxy) is 1. The van der Waals surface area contributed by atoms with Gasteiger partial charge in [-0.3, -0.25) is 4.79 Å². The van der Waals surface area contributed by atoms with Gasteiger partial charge in [-0.05, 0) is 30.5 Å². The van der Waals surface area contributed by atoms with Gasteiger partial charge < -0.3 is 15.4 Å². The standard InChI is InChI=1S/C16H24N2O2/c1-20-15-8-6-13(7-9-15)11-16(19)18-10-4-2-3-5-14(18)12-17/h6-9,14H,2-5,10-12,17H2,1H3. The molecule has 1 aliphatic rings. The number of likely N-dealkylation sites (tertiary alicyclic amines) is 1. The fourth-order valence-corrected chi connectivity index (χ4v) is 2.77. The number of benzene rings is 1. The van der Waals surface area contributed by atoms with Crippen LogP contribution in [0, 0.1) is 0 Å². The number of amides is 1. The molecule has 1 amide bonds. The van der Waals surface area contributed by atoms with Gasteiger partial charge in [-0.25, -0.2) is 0 Å². The largest absolute Gasteiger partial charge is 0.497 e. The number of hydrogen-bond donors (Lipinski definition) is 1. The molecule has 0 saturated carbocycles. The zero-order chi connectivity index (χ0) is 14.4. The van der Waals surface area contributed by atoms with E-state index in [2.05, 4.69) is 0 Å². The average Bonchev–Trinajstić information content (AvgIpc) is 2.73. The highest BCUT2D eigenvalue weighted by molar-refractivity contribution is 5.79. The fraction of sp³-hybridized carbons (Fsp3) is 0.562. The Balaban J connectivity index is 2.01. The summed E-state index contributed by atoms with van der Waals surface area (Å²) in [6.07, 6.45) is 4.94. The molecule has 0 aliphatic carbocycles. The van der Waals surface area contributed by atoms with Crippen molar-refractivity contribution in [2.75, 3.05) is 20.2 Å². The molecular formula is C16H24N2O2. The van der Waals surface area contributed by atoms with Crippen molar-refractivity contribution in [3.05, 3.63) is 29.8 Å². The van der Waals surface area contributed by atoms with Crippen molar-refractivity contribution in [3.63, 3.8) is 0 Å². The monoisotopic (exact) mass is 276 g/mol. The minimum atomic E-state index is 0.188. The minimum absolute atomic E-state index is 0.188. The van der Waals surface area contributed by atoms with Crippen molar-refractivity contribution in [1.29, 1.82) is 0 Å². The van der Waals surface area contributed by atoms with Gasteiger partial charge in [-0.1, -0.05) is 25.0 Å². The molecule has 0 aromatic heterocycles. The summed E-state index contributed by atoms with van der Waals surface area (Å²) in [6.45, 7) is 1.41. The SMILES string of the molecule is COc1ccc(CC(=O)N2CCCCCC2CN)cc1. The van der Waals surface area contributed by atoms with Crippen LogP contribution in [0.15, 0.2) is 24.3 Å². The molecule has 1 aliphatic heterocycles. The lowest BCUT2D eigenvalue weighted by molar-refractivity contribution is -0.132. The lowest BCUT2D eigenvalue weighted by Gasteiger charge is -2.29. The molecule has 1 heterocycles. The quantitative estimate of drug-likeness (QED) is 0.914. The van der Waals surface area contributed by atoms with E-state index >= 15 is 0 Å². The molecule has 1 aromatic rings. The predicted octanol–water partition coefficient (Wildman–Crippen LogP) is 1.97. The van der Waals surface area contributed by atoms with Crippen molar-refractivity contribution in [2.45, 2.75) is 38.1 Å². The molecule has 2 rings (SSSR count). The van der Waals surface area contributed by atoms with Gasteiger partial charge in [-0.2, -0.15) is 0 Å². The van der Waals surface area contributed by atoms with Gasteiger partial charge in [-0.15, -0.1) is 0 Å². The van der Waals surface area contributed by atoms with E-state index in [4.69, 9.17) is 10.5 Å². The van der Waals surface area contributed by atoms with Crippen molar-refractivity contribution >= 4 is 5.91 Å². The minimum Gasteiger partial charge on any atom is -0.497 e. The molecule has 0 spiro atoms. The number of nitrogens with zero attached hydrogens (tertiary/aromatic N) is 1. The number of nitrogens with two attached hydrogens (primary N) is 1. The van der Waals surface area contributed by atoms with Crippen molar-refractivity contribution in [1.82, 2.24) is 4.90 Å². The maximum Gasteiger partial charge on any atom is 0.227 e. The molecule has 2 N–H and O–H groups in total. The molecule has 0 bridgehead atoms. The van der Waals surface area contributed by atoms with Gasteiger partial charge >= 0.3 is 0 Å². The summed E-state index contributed by atoms with van der Waals surface area (Å²) in [5, 5.41) is 0. The zero-order valence-corrected chi connectivity index (χ0v) is 12.2. The van der Waals surface area contributed by atoms with Gasteiger partial charge in [0.1, 0.15) is 5.75 Å². The van der Waals surface area contributed by atoms with Crippen LogP contribution >= 0.6 is 0 Å². The third-order valence-corrected chi connectivity index (χ3v) is 3.98. The number of carbonyl (C=O) groups excluding carboxylic acids is 1. The molecular weight excluding hydrogens is 252 g/mol. The number of carbonyl (C=O) groups is 1. The van der Waals surface area contributed by atoms with Gasteiger partial charge in [0.05, 0.1) is 13.5 Å². The van der Waals surface area contributed by atoms with Gasteiger partial charge in [0.25, 0.3) is 0 Å². The van der Waals surface area contributed by atoms with Gasteiger partial charge in [0.2, 0.25) is 5.91 Å². The van der Waals surface area contributed by atoms with Crippen LogP contribution in [0.25, 0.3) is 0 Å². The van der Waals surface area contributed by atoms with E-state index in [0.29, 0.717) is 13.0 Å². The second-order valence-corrected chi connectivity index (χ2v) is 5.35. The first kappa shape index (κ1) is 14.9. The first-order valence-corrected chi connectivity index (χ1v) is 7.37. The second kappa shape index (κ2) is 7.29. The summed E-state index contributed by atoms with van der Waals surface area (Å²) >= 11 is 0. The summed E-state index contributed by atoms with van der Waals surface area (Å²) in [5.41, 5.74) is 6.85. The maximum atomic E-state index is 12.5. The normalized spacial score (nSPS) is 19.5. The van der Waals surface area contributed by atoms with E-state index in [1.54, 1.807) is 7.11 Å². The second-order valence-electron chi connectivity index (χ2n) is 5.35. The van der Waals surface area contributed by atoms with Crippen molar-refractivity contribution < 1.29 is 9.53 Å². The van der Waals surface area contributed by atoms with E-state index in [0.717, 1.165) is 30.7 Å². The van der Waals surface area contributed by atoms with Crippen LogP contribution in [0.5, 0.6) is 5.75 Å². The molecule has 1 fully saturated rings. The number of rotatable bonds is 4. The van der Waals surface area contributed by atoms with E-state index in [1.165, 1.54) is 12.8 Å². The van der Waals surface area contributed by atoms with Crippen LogP contribution in [0.1, 0.15) is 31.2 Å². The van der Waals surface area contributed by atoms with Crippen molar-refractivity contribution in [3.8, 4) is 5.75 Å². The number of methoxy groups -OCH3 is 1. The van der Waals surface area contributed by atoms with Gasteiger partial charge in [0.15, 0.2) is 0 Å². The molecule has 4 nitrogen and oxygen atoms in total. The predicted molar refractivity (Wildman–Crippen MR) is 79.7 cm³/mol. The molecule has 1 aromatic carbocycles. The smallest absolute Gasteiger partial charge is 0.227 e. The Bertz CT molecular complexity index is 431. The van der Waals surface area contributed by atoms with Crippen LogP contribution in [0.3, 0.4) is 0 Å². The summed E-state index contributed by atoms with van der Waals surface area (Å²) in [7, 11) is 1.64. The Morgan fingerprint density at radius 2 is 2.05 bits per heavy atom. The Hall–Kier alpha value is -1.55. The van der Waals surface area contributed by atoms with E-state index in [1.807, 2.05) is 29.2 Å². The molecule has 1 atom stereocenters. The van der Waals surface area contributed by atoms with Crippen LogP contribution < -0.4 is 10.5 Å². The Morgan fingerprint density at radius 1 is 1.30 bits per heavy atom. The Morgan fingerprint density at radius 3 is 2.70 bits per heavy atom. The summed E-state index contributed by atoms with van der Waals surface area (Å²) < 4.78 is 5.13. The third kappa shape index (κ3) is 3.73. The lowest BCUT2D eigenvalue weighted by Crippen LogP contribution is -2.44. The van der Waals surface area contributed by atoms with Crippen LogP contribution in [-0.2, 0) is 11.2 Å². The topological polar surface area (TPSA) is 55.6 Å².